The summed E-state index contributed by atoms with van der Waals surface area (Å²) in [5, 5.41) is 17.0. The van der Waals surface area contributed by atoms with Gasteiger partial charge in [-0.15, -0.1) is 0 Å². The smallest absolute Gasteiger partial charge is 0.349 e. The fourth-order valence-electron chi connectivity index (χ4n) is 3.15. The van der Waals surface area contributed by atoms with Crippen molar-refractivity contribution in [2.24, 2.45) is 0 Å². The summed E-state index contributed by atoms with van der Waals surface area (Å²) in [5.74, 6) is -0.510. The number of rotatable bonds is 4. The summed E-state index contributed by atoms with van der Waals surface area (Å²) in [6, 6.07) is 1.36. The van der Waals surface area contributed by atoms with E-state index in [1.54, 1.807) is 0 Å². The fraction of sp³-hybridized carbons (Fsp3) is 0.471. The number of pyridine rings is 1. The van der Waals surface area contributed by atoms with Gasteiger partial charge in [0.05, 0.1) is 23.0 Å². The molecule has 2 aromatic rings. The van der Waals surface area contributed by atoms with E-state index in [9.17, 15) is 19.5 Å². The number of aliphatic hydroxyl groups is 1. The topological polar surface area (TPSA) is 130 Å². The van der Waals surface area contributed by atoms with Gasteiger partial charge < -0.3 is 10.4 Å². The molecular formula is C17H20ClN5O4. The average Bonchev–Trinajstić information content (AvgIpc) is 2.85. The van der Waals surface area contributed by atoms with E-state index in [1.807, 2.05) is 0 Å². The molecule has 0 aromatic carbocycles. The fourth-order valence-corrected chi connectivity index (χ4v) is 3.34. The molecule has 3 rings (SSSR count). The van der Waals surface area contributed by atoms with Crippen molar-refractivity contribution in [3.8, 4) is 5.69 Å². The summed E-state index contributed by atoms with van der Waals surface area (Å²) in [6.07, 6.45) is 7.48. The molecule has 1 aliphatic rings. The summed E-state index contributed by atoms with van der Waals surface area (Å²) < 4.78 is 0.903. The Morgan fingerprint density at radius 2 is 1.96 bits per heavy atom. The van der Waals surface area contributed by atoms with Gasteiger partial charge in [-0.3, -0.25) is 14.6 Å². The van der Waals surface area contributed by atoms with Gasteiger partial charge in [-0.25, -0.2) is 9.78 Å². The molecule has 0 saturated heterocycles. The van der Waals surface area contributed by atoms with E-state index in [4.69, 9.17) is 11.6 Å². The lowest BCUT2D eigenvalue weighted by molar-refractivity contribution is 0.0246. The molecule has 1 fully saturated rings. The molecule has 10 heteroatoms. The molecule has 0 atom stereocenters. The number of amides is 1. The van der Waals surface area contributed by atoms with E-state index in [0.717, 1.165) is 36.6 Å². The molecule has 0 unspecified atom stereocenters. The number of H-pyrrole nitrogens is 1. The lowest BCUT2D eigenvalue weighted by Gasteiger charge is -2.26. The Labute approximate surface area is 159 Å². The van der Waals surface area contributed by atoms with Crippen LogP contribution in [0.5, 0.6) is 0 Å². The molecule has 0 radical (unpaired) electrons. The Kier molecular flexibility index (Phi) is 5.71. The standard InChI is InChI=1S/C17H20ClN5O4/c18-14-12(15(25)20-10-17(27)5-3-1-2-4-6-17)7-11(8-19-14)23-16(26)22-13(24)9-21-23/h7-9,27H,1-6,10H2,(H,20,25)(H,22,24,26). The Morgan fingerprint density at radius 3 is 2.63 bits per heavy atom. The first-order valence-electron chi connectivity index (χ1n) is 8.73. The third-order valence-electron chi connectivity index (χ3n) is 4.64. The normalized spacial score (nSPS) is 16.5. The van der Waals surface area contributed by atoms with Gasteiger partial charge in [0.25, 0.3) is 11.5 Å². The molecule has 144 valence electrons. The third kappa shape index (κ3) is 4.61. The number of carbonyl (C=O) groups excluding carboxylic acids is 1. The van der Waals surface area contributed by atoms with Gasteiger partial charge in [0.2, 0.25) is 0 Å². The van der Waals surface area contributed by atoms with Crippen LogP contribution in [0.3, 0.4) is 0 Å². The maximum atomic E-state index is 12.5. The van der Waals surface area contributed by atoms with Crippen LogP contribution in [-0.2, 0) is 0 Å². The maximum absolute atomic E-state index is 12.5. The average molecular weight is 394 g/mol. The molecule has 2 aromatic heterocycles. The zero-order chi connectivity index (χ0) is 19.4. The first-order valence-corrected chi connectivity index (χ1v) is 9.11. The highest BCUT2D eigenvalue weighted by Crippen LogP contribution is 2.26. The van der Waals surface area contributed by atoms with Crippen molar-refractivity contribution in [3.63, 3.8) is 0 Å². The van der Waals surface area contributed by atoms with Gasteiger partial charge in [0.15, 0.2) is 0 Å². The van der Waals surface area contributed by atoms with Gasteiger partial charge in [-0.1, -0.05) is 37.3 Å². The second-order valence-electron chi connectivity index (χ2n) is 6.70. The van der Waals surface area contributed by atoms with Crippen LogP contribution in [0.15, 0.2) is 28.0 Å². The molecule has 0 bridgehead atoms. The van der Waals surface area contributed by atoms with E-state index in [1.165, 1.54) is 12.3 Å². The molecule has 27 heavy (non-hydrogen) atoms. The minimum atomic E-state index is -0.929. The van der Waals surface area contributed by atoms with Gasteiger partial charge >= 0.3 is 5.69 Å². The van der Waals surface area contributed by atoms with Crippen LogP contribution in [0.2, 0.25) is 5.15 Å². The van der Waals surface area contributed by atoms with Gasteiger partial charge in [0.1, 0.15) is 11.3 Å². The van der Waals surface area contributed by atoms with E-state index in [-0.39, 0.29) is 22.9 Å². The van der Waals surface area contributed by atoms with Crippen LogP contribution in [0.4, 0.5) is 0 Å². The van der Waals surface area contributed by atoms with Crippen LogP contribution in [0.1, 0.15) is 48.9 Å². The zero-order valence-corrected chi connectivity index (χ0v) is 15.3. The van der Waals surface area contributed by atoms with Crippen molar-refractivity contribution in [3.05, 3.63) is 50.0 Å². The summed E-state index contributed by atoms with van der Waals surface area (Å²) in [6.45, 7) is 0.114. The summed E-state index contributed by atoms with van der Waals surface area (Å²) >= 11 is 6.03. The lowest BCUT2D eigenvalue weighted by atomic mass is 9.94. The van der Waals surface area contributed by atoms with E-state index >= 15 is 0 Å². The number of aromatic nitrogens is 4. The van der Waals surface area contributed by atoms with Crippen molar-refractivity contribution in [1.29, 1.82) is 0 Å². The number of hydrogen-bond donors (Lipinski definition) is 3. The van der Waals surface area contributed by atoms with E-state index in [0.29, 0.717) is 12.8 Å². The second-order valence-corrected chi connectivity index (χ2v) is 7.06. The molecule has 1 saturated carbocycles. The number of nitrogens with one attached hydrogen (secondary N) is 2. The van der Waals surface area contributed by atoms with Crippen molar-refractivity contribution in [2.45, 2.75) is 44.1 Å². The van der Waals surface area contributed by atoms with Gasteiger partial charge in [-0.05, 0) is 18.9 Å². The second kappa shape index (κ2) is 8.01. The Morgan fingerprint density at radius 1 is 1.26 bits per heavy atom. The van der Waals surface area contributed by atoms with Crippen molar-refractivity contribution in [2.75, 3.05) is 6.54 Å². The number of carbonyl (C=O) groups is 1. The van der Waals surface area contributed by atoms with E-state index in [2.05, 4.69) is 20.4 Å². The number of halogens is 1. The van der Waals surface area contributed by atoms with Crippen molar-refractivity contribution >= 4 is 17.5 Å². The highest BCUT2D eigenvalue weighted by molar-refractivity contribution is 6.32. The third-order valence-corrected chi connectivity index (χ3v) is 4.94. The Hall–Kier alpha value is -2.52. The largest absolute Gasteiger partial charge is 0.388 e. The first-order chi connectivity index (χ1) is 12.9. The van der Waals surface area contributed by atoms with Crippen LogP contribution in [0, 0.1) is 0 Å². The number of hydrogen-bond acceptors (Lipinski definition) is 6. The number of aromatic amines is 1. The number of nitrogens with zero attached hydrogens (tertiary/aromatic N) is 3. The predicted octanol–water partition coefficient (Wildman–Crippen LogP) is 0.784. The van der Waals surface area contributed by atoms with Gasteiger partial charge in [-0.2, -0.15) is 9.78 Å². The van der Waals surface area contributed by atoms with E-state index < -0.39 is 22.8 Å². The Balaban J connectivity index is 1.80. The summed E-state index contributed by atoms with van der Waals surface area (Å²) in [4.78, 5) is 41.5. The highest BCUT2D eigenvalue weighted by Gasteiger charge is 2.29. The van der Waals surface area contributed by atoms with Crippen LogP contribution < -0.4 is 16.6 Å². The van der Waals surface area contributed by atoms with Gasteiger partial charge in [0, 0.05) is 6.54 Å². The predicted molar refractivity (Wildman–Crippen MR) is 98.2 cm³/mol. The minimum absolute atomic E-state index is 0.0402. The maximum Gasteiger partial charge on any atom is 0.349 e. The zero-order valence-electron chi connectivity index (χ0n) is 14.6. The molecule has 9 nitrogen and oxygen atoms in total. The molecule has 1 amide bonds. The monoisotopic (exact) mass is 393 g/mol. The summed E-state index contributed by atoms with van der Waals surface area (Å²) in [7, 11) is 0. The SMILES string of the molecule is O=C(NCC1(O)CCCCCC1)c1cc(-n2ncc(=O)[nH]c2=O)cnc1Cl. The first kappa shape index (κ1) is 19.2. The minimum Gasteiger partial charge on any atom is -0.388 e. The molecule has 0 spiro atoms. The lowest BCUT2D eigenvalue weighted by Crippen LogP contribution is -2.42. The highest BCUT2D eigenvalue weighted by atomic mass is 35.5. The Bertz CT molecular complexity index is 947. The molecule has 2 heterocycles. The summed E-state index contributed by atoms with van der Waals surface area (Å²) in [5.41, 5.74) is -2.09. The van der Waals surface area contributed by atoms with Crippen molar-refractivity contribution in [1.82, 2.24) is 25.1 Å². The van der Waals surface area contributed by atoms with Crippen molar-refractivity contribution < 1.29 is 9.90 Å². The van der Waals surface area contributed by atoms with Crippen LogP contribution >= 0.6 is 11.6 Å². The molecule has 1 aliphatic carbocycles. The van der Waals surface area contributed by atoms with Crippen LogP contribution in [-0.4, -0.2) is 42.9 Å². The molecule has 0 aliphatic heterocycles. The van der Waals surface area contributed by atoms with Crippen LogP contribution in [0.25, 0.3) is 5.69 Å². The molecular weight excluding hydrogens is 374 g/mol. The quantitative estimate of drug-likeness (QED) is 0.520. The molecule has 3 N–H and O–H groups in total.